The van der Waals surface area contributed by atoms with Gasteiger partial charge in [0.15, 0.2) is 23.0 Å². The molecule has 8 heteroatoms. The largest absolute Gasteiger partial charge is 0.485 e. The molecule has 2 aliphatic heterocycles. The van der Waals surface area contributed by atoms with E-state index in [4.69, 9.17) is 28.4 Å². The van der Waals surface area contributed by atoms with Crippen molar-refractivity contribution in [2.24, 2.45) is 0 Å². The Morgan fingerprint density at radius 2 is 1.14 bits per heavy atom. The Bertz CT molecular complexity index is 809. The summed E-state index contributed by atoms with van der Waals surface area (Å²) in [6, 6.07) is 14.2. The molecule has 8 nitrogen and oxygen atoms in total. The molecule has 2 heterocycles. The lowest BCUT2D eigenvalue weighted by atomic mass is 10.2. The van der Waals surface area contributed by atoms with Gasteiger partial charge in [-0.25, -0.2) is 9.59 Å². The zero-order valence-corrected chi connectivity index (χ0v) is 15.6. The van der Waals surface area contributed by atoms with E-state index in [1.807, 2.05) is 12.1 Å². The highest BCUT2D eigenvalue weighted by molar-refractivity contribution is 5.76. The number of carbonyl (C=O) groups is 2. The molecule has 4 rings (SSSR count). The molecule has 2 atom stereocenters. The summed E-state index contributed by atoms with van der Waals surface area (Å²) < 4.78 is 32.5. The summed E-state index contributed by atoms with van der Waals surface area (Å²) in [7, 11) is 0. The first kappa shape index (κ1) is 18.9. The summed E-state index contributed by atoms with van der Waals surface area (Å²) in [6.07, 6.45) is -1.29. The van der Waals surface area contributed by atoms with Crippen molar-refractivity contribution in [2.75, 3.05) is 26.4 Å². The number of rotatable bonds is 6. The lowest BCUT2D eigenvalue weighted by Crippen LogP contribution is -2.38. The Kier molecular flexibility index (Phi) is 5.69. The second-order valence-corrected chi connectivity index (χ2v) is 6.42. The van der Waals surface area contributed by atoms with Crippen LogP contribution in [0.5, 0.6) is 23.0 Å². The second-order valence-electron chi connectivity index (χ2n) is 6.42. The highest BCUT2D eigenvalue weighted by atomic mass is 16.6. The predicted octanol–water partition coefficient (Wildman–Crippen LogP) is 2.14. The van der Waals surface area contributed by atoms with Crippen molar-refractivity contribution in [1.82, 2.24) is 0 Å². The van der Waals surface area contributed by atoms with Crippen LogP contribution in [0.25, 0.3) is 0 Å². The molecule has 0 radical (unpaired) electrons. The Morgan fingerprint density at radius 1 is 0.724 bits per heavy atom. The number of hydrogen-bond acceptors (Lipinski definition) is 8. The standard InChI is InChI=1S/C21H20O8/c22-20(18-12-26-14-6-1-3-8-16(14)28-18)24-10-5-11-25-21(23)19-13-27-15-7-2-4-9-17(15)29-19/h1-4,6-9,18-19H,5,10-13H2/t18-,19-/m1/s1. The molecule has 0 fully saturated rings. The minimum Gasteiger partial charge on any atom is -0.485 e. The zero-order valence-electron chi connectivity index (χ0n) is 15.6. The smallest absolute Gasteiger partial charge is 0.350 e. The number of ether oxygens (including phenoxy) is 6. The van der Waals surface area contributed by atoms with Crippen LogP contribution in [0.1, 0.15) is 6.42 Å². The van der Waals surface area contributed by atoms with Gasteiger partial charge in [-0.15, -0.1) is 0 Å². The third-order valence-corrected chi connectivity index (χ3v) is 4.32. The van der Waals surface area contributed by atoms with Crippen LogP contribution in [0, 0.1) is 0 Å². The first-order valence-electron chi connectivity index (χ1n) is 9.31. The van der Waals surface area contributed by atoms with Gasteiger partial charge in [0.05, 0.1) is 13.2 Å². The number of fused-ring (bicyclic) bond motifs is 2. The van der Waals surface area contributed by atoms with Crippen LogP contribution in [-0.2, 0) is 19.1 Å². The highest BCUT2D eigenvalue weighted by Crippen LogP contribution is 2.32. The van der Waals surface area contributed by atoms with E-state index < -0.39 is 24.1 Å². The fourth-order valence-electron chi connectivity index (χ4n) is 2.86. The number of hydrogen-bond donors (Lipinski definition) is 0. The highest BCUT2D eigenvalue weighted by Gasteiger charge is 2.30. The minimum atomic E-state index is -0.819. The molecular weight excluding hydrogens is 380 g/mol. The molecule has 2 aliphatic rings. The minimum absolute atomic E-state index is 0.0886. The molecule has 29 heavy (non-hydrogen) atoms. The lowest BCUT2D eigenvalue weighted by Gasteiger charge is -2.25. The first-order valence-corrected chi connectivity index (χ1v) is 9.31. The average Bonchev–Trinajstić information content (AvgIpc) is 2.77. The van der Waals surface area contributed by atoms with Gasteiger partial charge in [0.25, 0.3) is 0 Å². The normalized spacial score (nSPS) is 19.2. The van der Waals surface area contributed by atoms with E-state index in [1.54, 1.807) is 36.4 Å². The van der Waals surface area contributed by atoms with Crippen molar-refractivity contribution in [3.8, 4) is 23.0 Å². The summed E-state index contributed by atoms with van der Waals surface area (Å²) in [4.78, 5) is 24.2. The van der Waals surface area contributed by atoms with Gasteiger partial charge in [-0.05, 0) is 24.3 Å². The van der Waals surface area contributed by atoms with Gasteiger partial charge >= 0.3 is 11.9 Å². The van der Waals surface area contributed by atoms with E-state index in [9.17, 15) is 9.59 Å². The van der Waals surface area contributed by atoms with E-state index in [0.717, 1.165) is 0 Å². The number of para-hydroxylation sites is 4. The second kappa shape index (κ2) is 8.72. The Labute approximate surface area is 167 Å². The van der Waals surface area contributed by atoms with Gasteiger partial charge < -0.3 is 28.4 Å². The van der Waals surface area contributed by atoms with E-state index in [2.05, 4.69) is 0 Å². The summed E-state index contributed by atoms with van der Waals surface area (Å²) in [5.41, 5.74) is 0. The van der Waals surface area contributed by atoms with Gasteiger partial charge in [0.1, 0.15) is 13.2 Å². The van der Waals surface area contributed by atoms with Crippen LogP contribution in [0.4, 0.5) is 0 Å². The maximum atomic E-state index is 12.1. The Hall–Kier alpha value is -3.42. The molecule has 2 aromatic carbocycles. The van der Waals surface area contributed by atoms with Crippen LogP contribution in [0.2, 0.25) is 0 Å². The molecule has 0 saturated carbocycles. The van der Waals surface area contributed by atoms with Crippen LogP contribution < -0.4 is 18.9 Å². The quantitative estimate of drug-likeness (QED) is 0.538. The van der Waals surface area contributed by atoms with E-state index in [1.165, 1.54) is 0 Å². The van der Waals surface area contributed by atoms with Crippen LogP contribution >= 0.6 is 0 Å². The summed E-state index contributed by atoms with van der Waals surface area (Å²) in [5, 5.41) is 0. The van der Waals surface area contributed by atoms with E-state index in [-0.39, 0.29) is 26.4 Å². The molecule has 0 amide bonds. The molecule has 0 aliphatic carbocycles. The maximum Gasteiger partial charge on any atom is 0.350 e. The monoisotopic (exact) mass is 400 g/mol. The van der Waals surface area contributed by atoms with E-state index >= 15 is 0 Å². The molecule has 152 valence electrons. The SMILES string of the molecule is O=C(OCCCOC(=O)[C@H]1COc2ccccc2O1)[C@H]1COc2ccccc2O1. The topological polar surface area (TPSA) is 89.5 Å². The van der Waals surface area contributed by atoms with Crippen molar-refractivity contribution in [3.05, 3.63) is 48.5 Å². The maximum absolute atomic E-state index is 12.1. The van der Waals surface area contributed by atoms with E-state index in [0.29, 0.717) is 29.4 Å². The van der Waals surface area contributed by atoms with Gasteiger partial charge in [-0.2, -0.15) is 0 Å². The third kappa shape index (κ3) is 4.53. The molecule has 0 bridgehead atoms. The fraction of sp³-hybridized carbons (Fsp3) is 0.333. The third-order valence-electron chi connectivity index (χ3n) is 4.32. The molecule has 0 N–H and O–H groups in total. The van der Waals surface area contributed by atoms with Crippen molar-refractivity contribution in [2.45, 2.75) is 18.6 Å². The first-order chi connectivity index (χ1) is 14.2. The Balaban J connectivity index is 1.14. The van der Waals surface area contributed by atoms with Gasteiger partial charge in [0.2, 0.25) is 12.2 Å². The Morgan fingerprint density at radius 3 is 1.59 bits per heavy atom. The number of benzene rings is 2. The van der Waals surface area contributed by atoms with Crippen molar-refractivity contribution < 1.29 is 38.0 Å². The number of carbonyl (C=O) groups excluding carboxylic acids is 2. The van der Waals surface area contributed by atoms with Gasteiger partial charge in [0, 0.05) is 6.42 Å². The summed E-state index contributed by atoms with van der Waals surface area (Å²) in [5.74, 6) is 1.16. The van der Waals surface area contributed by atoms with Crippen molar-refractivity contribution >= 4 is 11.9 Å². The molecule has 0 aromatic heterocycles. The molecule has 0 spiro atoms. The molecular formula is C21H20O8. The van der Waals surface area contributed by atoms with Crippen LogP contribution in [0.3, 0.4) is 0 Å². The van der Waals surface area contributed by atoms with Crippen LogP contribution in [-0.4, -0.2) is 50.6 Å². The van der Waals surface area contributed by atoms with Crippen LogP contribution in [0.15, 0.2) is 48.5 Å². The number of esters is 2. The fourth-order valence-corrected chi connectivity index (χ4v) is 2.86. The molecule has 0 saturated heterocycles. The van der Waals surface area contributed by atoms with Crippen molar-refractivity contribution in [1.29, 1.82) is 0 Å². The molecule has 0 unspecified atom stereocenters. The predicted molar refractivity (Wildman–Crippen MR) is 99.2 cm³/mol. The zero-order chi connectivity index (χ0) is 20.1. The molecule has 2 aromatic rings. The van der Waals surface area contributed by atoms with Gasteiger partial charge in [-0.1, -0.05) is 24.3 Å². The summed E-state index contributed by atoms with van der Waals surface area (Å²) in [6.45, 7) is 0.369. The lowest BCUT2D eigenvalue weighted by molar-refractivity contribution is -0.157. The van der Waals surface area contributed by atoms with Gasteiger partial charge in [-0.3, -0.25) is 0 Å². The van der Waals surface area contributed by atoms with Crippen molar-refractivity contribution in [3.63, 3.8) is 0 Å². The average molecular weight is 400 g/mol. The summed E-state index contributed by atoms with van der Waals surface area (Å²) >= 11 is 0.